The van der Waals surface area contributed by atoms with Gasteiger partial charge in [-0.1, -0.05) is 106 Å². The van der Waals surface area contributed by atoms with E-state index < -0.39 is 0 Å². The number of esters is 1. The molecule has 1 atom stereocenters. The van der Waals surface area contributed by atoms with E-state index in [1.54, 1.807) is 0 Å². The lowest BCUT2D eigenvalue weighted by molar-refractivity contribution is 0.0161. The van der Waals surface area contributed by atoms with Crippen molar-refractivity contribution in [2.45, 2.75) is 70.8 Å². The van der Waals surface area contributed by atoms with Crippen molar-refractivity contribution in [3.05, 3.63) is 107 Å². The fourth-order valence-electron chi connectivity index (χ4n) is 5.11. The Morgan fingerprint density at radius 1 is 0.857 bits per heavy atom. The molecule has 3 aromatic rings. The van der Waals surface area contributed by atoms with Gasteiger partial charge in [-0.25, -0.2) is 4.79 Å². The lowest BCUT2D eigenvalue weighted by Gasteiger charge is -2.28. The van der Waals surface area contributed by atoms with Crippen LogP contribution >= 0.6 is 0 Å². The summed E-state index contributed by atoms with van der Waals surface area (Å²) in [7, 11) is 0. The highest BCUT2D eigenvalue weighted by molar-refractivity contribution is 5.90. The van der Waals surface area contributed by atoms with Crippen LogP contribution in [0.2, 0.25) is 0 Å². The Kier molecular flexibility index (Phi) is 8.95. The second-order valence-corrected chi connectivity index (χ2v) is 10.0. The Morgan fingerprint density at radius 2 is 1.46 bits per heavy atom. The lowest BCUT2D eigenvalue weighted by atomic mass is 9.85. The third kappa shape index (κ3) is 7.42. The highest BCUT2D eigenvalue weighted by Crippen LogP contribution is 2.30. The van der Waals surface area contributed by atoms with Gasteiger partial charge in [0.05, 0.1) is 5.56 Å². The quantitative estimate of drug-likeness (QED) is 0.233. The van der Waals surface area contributed by atoms with Crippen molar-refractivity contribution in [2.75, 3.05) is 0 Å². The first kappa shape index (κ1) is 25.0. The summed E-state index contributed by atoms with van der Waals surface area (Å²) >= 11 is 0. The summed E-state index contributed by atoms with van der Waals surface area (Å²) in [4.78, 5) is 12.6. The molecule has 1 fully saturated rings. The summed E-state index contributed by atoms with van der Waals surface area (Å²) in [6, 6.07) is 27.2. The molecule has 0 N–H and O–H groups in total. The van der Waals surface area contributed by atoms with Crippen LogP contribution in [0, 0.1) is 5.92 Å². The van der Waals surface area contributed by atoms with Crippen molar-refractivity contribution in [1.29, 1.82) is 0 Å². The van der Waals surface area contributed by atoms with E-state index in [4.69, 9.17) is 4.74 Å². The molecule has 1 aliphatic carbocycles. The molecule has 35 heavy (non-hydrogen) atoms. The van der Waals surface area contributed by atoms with Gasteiger partial charge in [-0.2, -0.15) is 0 Å². The van der Waals surface area contributed by atoms with Gasteiger partial charge in [-0.05, 0) is 78.3 Å². The second-order valence-electron chi connectivity index (χ2n) is 10.0. The molecule has 182 valence electrons. The van der Waals surface area contributed by atoms with E-state index in [0.29, 0.717) is 11.5 Å². The van der Waals surface area contributed by atoms with E-state index in [9.17, 15) is 4.79 Å². The van der Waals surface area contributed by atoms with Crippen LogP contribution < -0.4 is 0 Å². The second kappa shape index (κ2) is 12.5. The molecule has 0 heterocycles. The Bertz CT molecular complexity index is 1070. The van der Waals surface area contributed by atoms with Crippen molar-refractivity contribution in [3.63, 3.8) is 0 Å². The van der Waals surface area contributed by atoms with Gasteiger partial charge >= 0.3 is 5.97 Å². The summed E-state index contributed by atoms with van der Waals surface area (Å²) < 4.78 is 5.78. The minimum absolute atomic E-state index is 0.0776. The molecule has 0 aliphatic heterocycles. The van der Waals surface area contributed by atoms with Crippen molar-refractivity contribution >= 4 is 18.1 Å². The Labute approximate surface area is 211 Å². The predicted molar refractivity (Wildman–Crippen MR) is 146 cm³/mol. The van der Waals surface area contributed by atoms with Crippen LogP contribution in [0.3, 0.4) is 0 Å². The molecule has 0 radical (unpaired) electrons. The summed E-state index contributed by atoms with van der Waals surface area (Å²) in [5.41, 5.74) is 5.60. The van der Waals surface area contributed by atoms with Gasteiger partial charge in [-0.3, -0.25) is 0 Å². The molecule has 2 nitrogen and oxygen atoms in total. The fourth-order valence-corrected chi connectivity index (χ4v) is 5.11. The molecule has 0 saturated heterocycles. The zero-order chi connectivity index (χ0) is 24.5. The standard InChI is InChI=1S/C33H38O2/c1-3-7-26-18-22-32(23-19-26)35-33(34)31-20-16-28(17-21-31)11-10-27-12-14-29(15-13-27)24-25(2)30-8-5-4-6-9-30/h4-6,8-17,20-21,25-26,32H,3,7,18-19,22-24H2,1-2H3/b11-10+. The van der Waals surface area contributed by atoms with E-state index in [-0.39, 0.29) is 12.1 Å². The van der Waals surface area contributed by atoms with E-state index in [0.717, 1.165) is 30.7 Å². The maximum absolute atomic E-state index is 12.6. The number of hydrogen-bond acceptors (Lipinski definition) is 2. The molecular weight excluding hydrogens is 428 g/mol. The average molecular weight is 467 g/mol. The number of carbonyl (C=O) groups is 1. The summed E-state index contributed by atoms with van der Waals surface area (Å²) in [6.07, 6.45) is 12.2. The van der Waals surface area contributed by atoms with Crippen molar-refractivity contribution in [2.24, 2.45) is 5.92 Å². The van der Waals surface area contributed by atoms with Crippen molar-refractivity contribution in [1.82, 2.24) is 0 Å². The monoisotopic (exact) mass is 466 g/mol. The van der Waals surface area contributed by atoms with Crippen molar-refractivity contribution in [3.8, 4) is 0 Å². The van der Waals surface area contributed by atoms with Gasteiger partial charge in [0.25, 0.3) is 0 Å². The van der Waals surface area contributed by atoms with Crippen LogP contribution in [-0.2, 0) is 11.2 Å². The van der Waals surface area contributed by atoms with Gasteiger partial charge in [0, 0.05) is 0 Å². The molecule has 1 unspecified atom stereocenters. The molecule has 0 spiro atoms. The Hall–Kier alpha value is -3.13. The fraction of sp³-hybridized carbons (Fsp3) is 0.364. The van der Waals surface area contributed by atoms with Gasteiger partial charge in [0.2, 0.25) is 0 Å². The van der Waals surface area contributed by atoms with Crippen LogP contribution in [-0.4, -0.2) is 12.1 Å². The normalized spacial score (nSPS) is 18.9. The number of hydrogen-bond donors (Lipinski definition) is 0. The van der Waals surface area contributed by atoms with Crippen LogP contribution in [0.15, 0.2) is 78.9 Å². The Morgan fingerprint density at radius 3 is 2.06 bits per heavy atom. The van der Waals surface area contributed by atoms with E-state index in [1.807, 2.05) is 24.3 Å². The minimum Gasteiger partial charge on any atom is -0.459 e. The van der Waals surface area contributed by atoms with Gasteiger partial charge in [-0.15, -0.1) is 0 Å². The summed E-state index contributed by atoms with van der Waals surface area (Å²) in [6.45, 7) is 4.52. The van der Waals surface area contributed by atoms with Crippen LogP contribution in [0.25, 0.3) is 12.2 Å². The van der Waals surface area contributed by atoms with Crippen LogP contribution in [0.4, 0.5) is 0 Å². The molecule has 0 bridgehead atoms. The highest BCUT2D eigenvalue weighted by atomic mass is 16.5. The molecule has 4 rings (SSSR count). The SMILES string of the molecule is CCCC1CCC(OC(=O)c2ccc(/C=C/c3ccc(CC(C)c4ccccc4)cc3)cc2)CC1. The number of rotatable bonds is 9. The lowest BCUT2D eigenvalue weighted by Crippen LogP contribution is -2.24. The maximum atomic E-state index is 12.6. The van der Waals surface area contributed by atoms with E-state index in [2.05, 4.69) is 80.6 Å². The first-order valence-corrected chi connectivity index (χ1v) is 13.2. The molecular formula is C33H38O2. The third-order valence-corrected chi connectivity index (χ3v) is 7.27. The molecule has 1 saturated carbocycles. The van der Waals surface area contributed by atoms with Crippen LogP contribution in [0.1, 0.15) is 90.9 Å². The number of carbonyl (C=O) groups excluding carboxylic acids is 1. The predicted octanol–water partition coefficient (Wildman–Crippen LogP) is 8.72. The smallest absolute Gasteiger partial charge is 0.338 e. The average Bonchev–Trinajstić information content (AvgIpc) is 2.90. The molecule has 3 aromatic carbocycles. The topological polar surface area (TPSA) is 26.3 Å². The van der Waals surface area contributed by atoms with Gasteiger partial charge < -0.3 is 4.74 Å². The van der Waals surface area contributed by atoms with Gasteiger partial charge in [0.15, 0.2) is 0 Å². The highest BCUT2D eigenvalue weighted by Gasteiger charge is 2.23. The van der Waals surface area contributed by atoms with Crippen LogP contribution in [0.5, 0.6) is 0 Å². The zero-order valence-electron chi connectivity index (χ0n) is 21.2. The first-order valence-electron chi connectivity index (χ1n) is 13.2. The largest absolute Gasteiger partial charge is 0.459 e. The summed E-state index contributed by atoms with van der Waals surface area (Å²) in [5, 5.41) is 0. The van der Waals surface area contributed by atoms with Crippen molar-refractivity contribution < 1.29 is 9.53 Å². The molecule has 1 aliphatic rings. The number of ether oxygens (including phenoxy) is 1. The third-order valence-electron chi connectivity index (χ3n) is 7.27. The maximum Gasteiger partial charge on any atom is 0.338 e. The first-order chi connectivity index (χ1) is 17.1. The van der Waals surface area contributed by atoms with E-state index >= 15 is 0 Å². The minimum atomic E-state index is -0.195. The summed E-state index contributed by atoms with van der Waals surface area (Å²) in [5.74, 6) is 1.12. The molecule has 2 heteroatoms. The molecule has 0 amide bonds. The van der Waals surface area contributed by atoms with Gasteiger partial charge in [0.1, 0.15) is 6.10 Å². The molecule has 0 aromatic heterocycles. The van der Waals surface area contributed by atoms with E-state index in [1.165, 1.54) is 42.4 Å². The Balaban J connectivity index is 1.27. The zero-order valence-corrected chi connectivity index (χ0v) is 21.2. The number of benzene rings is 3.